The number of aromatic amines is 1. The van der Waals surface area contributed by atoms with Gasteiger partial charge in [0, 0.05) is 11.8 Å². The van der Waals surface area contributed by atoms with Crippen molar-refractivity contribution < 1.29 is 5.11 Å². The highest BCUT2D eigenvalue weighted by atomic mass is 79.9. The highest BCUT2D eigenvalue weighted by Crippen LogP contribution is 2.12. The van der Waals surface area contributed by atoms with Crippen LogP contribution in [0.15, 0.2) is 24.3 Å². The lowest BCUT2D eigenvalue weighted by atomic mass is 10.2. The number of aryl methyl sites for hydroxylation is 1. The summed E-state index contributed by atoms with van der Waals surface area (Å²) in [5.41, 5.74) is 2.04. The Bertz CT molecular complexity index is 408. The molecule has 1 aromatic carbocycles. The first-order valence-corrected chi connectivity index (χ1v) is 6.09. The molecule has 2 aromatic rings. The number of imidazole rings is 1. The molecule has 0 aliphatic rings. The normalized spacial score (nSPS) is 13.2. The van der Waals surface area contributed by atoms with Crippen molar-refractivity contribution in [2.75, 3.05) is 5.33 Å². The van der Waals surface area contributed by atoms with Gasteiger partial charge in [-0.05, 0) is 18.6 Å². The van der Waals surface area contributed by atoms with Crippen LogP contribution in [0.1, 0.15) is 12.2 Å². The third kappa shape index (κ3) is 2.58. The number of alkyl halides is 1. The number of rotatable bonds is 4. The van der Waals surface area contributed by atoms with E-state index in [9.17, 15) is 5.11 Å². The third-order valence-electron chi connectivity index (χ3n) is 2.33. The van der Waals surface area contributed by atoms with E-state index in [1.807, 2.05) is 24.3 Å². The summed E-state index contributed by atoms with van der Waals surface area (Å²) in [6, 6.07) is 7.95. The number of nitrogens with zero attached hydrogens (tertiary/aromatic N) is 1. The minimum atomic E-state index is -0.293. The maximum Gasteiger partial charge on any atom is 0.107 e. The smallest absolute Gasteiger partial charge is 0.107 e. The second kappa shape index (κ2) is 4.77. The molecule has 0 bridgehead atoms. The van der Waals surface area contributed by atoms with Crippen LogP contribution in [0.4, 0.5) is 0 Å². The maximum absolute atomic E-state index is 9.41. The number of fused-ring (bicyclic) bond motifs is 1. The van der Waals surface area contributed by atoms with Gasteiger partial charge in [-0.3, -0.25) is 0 Å². The molecule has 0 spiro atoms. The zero-order valence-electron chi connectivity index (χ0n) is 8.28. The Morgan fingerprint density at radius 2 is 2.20 bits per heavy atom. The van der Waals surface area contributed by atoms with Gasteiger partial charge in [-0.25, -0.2) is 4.98 Å². The van der Waals surface area contributed by atoms with Gasteiger partial charge in [-0.15, -0.1) is 0 Å². The van der Waals surface area contributed by atoms with Gasteiger partial charge in [0.2, 0.25) is 0 Å². The van der Waals surface area contributed by atoms with Crippen LogP contribution < -0.4 is 0 Å². The molecule has 1 unspecified atom stereocenters. The lowest BCUT2D eigenvalue weighted by Crippen LogP contribution is -2.09. The summed E-state index contributed by atoms with van der Waals surface area (Å²) in [5.74, 6) is 0.941. The number of H-pyrrole nitrogens is 1. The topological polar surface area (TPSA) is 48.9 Å². The van der Waals surface area contributed by atoms with Crippen LogP contribution in [0.25, 0.3) is 11.0 Å². The molecular weight excluding hydrogens is 256 g/mol. The number of nitrogens with one attached hydrogen (secondary N) is 1. The summed E-state index contributed by atoms with van der Waals surface area (Å²) in [7, 11) is 0. The molecule has 0 amide bonds. The van der Waals surface area contributed by atoms with Crippen LogP contribution in [0.5, 0.6) is 0 Å². The Hall–Kier alpha value is -0.870. The molecule has 0 aliphatic heterocycles. The summed E-state index contributed by atoms with van der Waals surface area (Å²) < 4.78 is 0. The SMILES string of the molecule is OC(CBr)CCc1nc2ccccc2[nH]1. The molecule has 1 atom stereocenters. The number of aliphatic hydroxyl groups is 1. The average molecular weight is 269 g/mol. The minimum absolute atomic E-state index is 0.293. The van der Waals surface area contributed by atoms with Crippen molar-refractivity contribution in [2.24, 2.45) is 0 Å². The van der Waals surface area contributed by atoms with Crippen LogP contribution in [-0.2, 0) is 6.42 Å². The molecule has 15 heavy (non-hydrogen) atoms. The van der Waals surface area contributed by atoms with E-state index in [0.29, 0.717) is 5.33 Å². The molecular formula is C11H13BrN2O. The first kappa shape index (κ1) is 10.6. The molecule has 0 saturated carbocycles. The van der Waals surface area contributed by atoms with Gasteiger partial charge in [0.1, 0.15) is 5.82 Å². The van der Waals surface area contributed by atoms with Gasteiger partial charge in [0.05, 0.1) is 17.1 Å². The molecule has 2 rings (SSSR count). The number of aliphatic hydroxyl groups excluding tert-OH is 1. The van der Waals surface area contributed by atoms with E-state index in [2.05, 4.69) is 25.9 Å². The first-order valence-electron chi connectivity index (χ1n) is 4.97. The van der Waals surface area contributed by atoms with Crippen molar-refractivity contribution in [1.29, 1.82) is 0 Å². The molecule has 1 heterocycles. The molecule has 2 N–H and O–H groups in total. The predicted octanol–water partition coefficient (Wildman–Crippen LogP) is 2.25. The lowest BCUT2D eigenvalue weighted by molar-refractivity contribution is 0.190. The van der Waals surface area contributed by atoms with Gasteiger partial charge in [0.15, 0.2) is 0 Å². The van der Waals surface area contributed by atoms with Crippen LogP contribution in [0.2, 0.25) is 0 Å². The second-order valence-corrected chi connectivity index (χ2v) is 4.19. The highest BCUT2D eigenvalue weighted by molar-refractivity contribution is 9.09. The second-order valence-electron chi connectivity index (χ2n) is 3.55. The van der Waals surface area contributed by atoms with E-state index < -0.39 is 0 Å². The van der Waals surface area contributed by atoms with Gasteiger partial charge < -0.3 is 10.1 Å². The lowest BCUT2D eigenvalue weighted by Gasteiger charge is -2.03. The van der Waals surface area contributed by atoms with Gasteiger partial charge in [0.25, 0.3) is 0 Å². The van der Waals surface area contributed by atoms with Crippen molar-refractivity contribution in [3.63, 3.8) is 0 Å². The van der Waals surface area contributed by atoms with E-state index in [0.717, 1.165) is 29.7 Å². The highest BCUT2D eigenvalue weighted by Gasteiger charge is 2.05. The van der Waals surface area contributed by atoms with Crippen molar-refractivity contribution >= 4 is 27.0 Å². The van der Waals surface area contributed by atoms with E-state index in [4.69, 9.17) is 0 Å². The summed E-state index contributed by atoms with van der Waals surface area (Å²) in [5, 5.41) is 10.0. The standard InChI is InChI=1S/C11H13BrN2O/c12-7-8(15)5-6-11-13-9-3-1-2-4-10(9)14-11/h1-4,8,15H,5-7H2,(H,13,14). The fraction of sp³-hybridized carbons (Fsp3) is 0.364. The van der Waals surface area contributed by atoms with Crippen molar-refractivity contribution in [2.45, 2.75) is 18.9 Å². The van der Waals surface area contributed by atoms with Gasteiger partial charge in [-0.2, -0.15) is 0 Å². The van der Waals surface area contributed by atoms with Gasteiger partial charge in [-0.1, -0.05) is 28.1 Å². The molecule has 1 aromatic heterocycles. The Morgan fingerprint density at radius 3 is 2.93 bits per heavy atom. The number of benzene rings is 1. The van der Waals surface area contributed by atoms with E-state index in [1.54, 1.807) is 0 Å². The molecule has 0 saturated heterocycles. The number of para-hydroxylation sites is 2. The maximum atomic E-state index is 9.41. The Morgan fingerprint density at radius 1 is 1.40 bits per heavy atom. The Balaban J connectivity index is 2.09. The summed E-state index contributed by atoms with van der Waals surface area (Å²) in [6.45, 7) is 0. The molecule has 0 radical (unpaired) electrons. The fourth-order valence-electron chi connectivity index (χ4n) is 1.50. The summed E-state index contributed by atoms with van der Waals surface area (Å²) in [6.07, 6.45) is 1.21. The largest absolute Gasteiger partial charge is 0.392 e. The summed E-state index contributed by atoms with van der Waals surface area (Å²) >= 11 is 3.24. The molecule has 80 valence electrons. The zero-order valence-corrected chi connectivity index (χ0v) is 9.87. The van der Waals surface area contributed by atoms with Crippen LogP contribution in [-0.4, -0.2) is 26.5 Å². The monoisotopic (exact) mass is 268 g/mol. The van der Waals surface area contributed by atoms with Gasteiger partial charge >= 0.3 is 0 Å². The average Bonchev–Trinajstić information content (AvgIpc) is 2.68. The molecule has 0 fully saturated rings. The molecule has 3 nitrogen and oxygen atoms in total. The van der Waals surface area contributed by atoms with E-state index in [-0.39, 0.29) is 6.10 Å². The third-order valence-corrected chi connectivity index (χ3v) is 3.08. The van der Waals surface area contributed by atoms with Crippen LogP contribution in [0.3, 0.4) is 0 Å². The van der Waals surface area contributed by atoms with Crippen molar-refractivity contribution in [1.82, 2.24) is 9.97 Å². The zero-order chi connectivity index (χ0) is 10.7. The number of halogens is 1. The molecule has 0 aliphatic carbocycles. The van der Waals surface area contributed by atoms with Crippen LogP contribution >= 0.6 is 15.9 Å². The number of hydrogen-bond acceptors (Lipinski definition) is 2. The van der Waals surface area contributed by atoms with E-state index in [1.165, 1.54) is 0 Å². The number of hydrogen-bond donors (Lipinski definition) is 2. The Labute approximate surface area is 96.7 Å². The fourth-order valence-corrected chi connectivity index (χ4v) is 1.83. The first-order chi connectivity index (χ1) is 7.29. The quantitative estimate of drug-likeness (QED) is 0.836. The Kier molecular flexibility index (Phi) is 3.38. The minimum Gasteiger partial charge on any atom is -0.392 e. The van der Waals surface area contributed by atoms with Crippen molar-refractivity contribution in [3.05, 3.63) is 30.1 Å². The van der Waals surface area contributed by atoms with Crippen molar-refractivity contribution in [3.8, 4) is 0 Å². The van der Waals surface area contributed by atoms with E-state index >= 15 is 0 Å². The number of aromatic nitrogens is 2. The predicted molar refractivity (Wildman–Crippen MR) is 64.2 cm³/mol. The van der Waals surface area contributed by atoms with Crippen LogP contribution in [0, 0.1) is 0 Å². The molecule has 4 heteroatoms. The summed E-state index contributed by atoms with van der Waals surface area (Å²) in [4.78, 5) is 7.67.